The summed E-state index contributed by atoms with van der Waals surface area (Å²) in [7, 11) is -4.44. The van der Waals surface area contributed by atoms with E-state index in [1.54, 1.807) is 24.3 Å². The van der Waals surface area contributed by atoms with Crippen molar-refractivity contribution in [2.75, 3.05) is 0 Å². The monoisotopic (exact) mass is 488 g/mol. The first-order chi connectivity index (χ1) is 16.8. The molecule has 0 atom stereocenters. The Morgan fingerprint density at radius 2 is 1.51 bits per heavy atom. The van der Waals surface area contributed by atoms with Gasteiger partial charge in [0.1, 0.15) is 16.4 Å². The van der Waals surface area contributed by atoms with Gasteiger partial charge in [-0.1, -0.05) is 62.4 Å². The second-order valence-electron chi connectivity index (χ2n) is 8.12. The number of benzene rings is 3. The van der Waals surface area contributed by atoms with Gasteiger partial charge in [0.2, 0.25) is 0 Å². The topological polar surface area (TPSA) is 117 Å². The lowest BCUT2D eigenvalue weighted by atomic mass is 9.95. The number of Topliss-reactive ketones (excluding diaryl/α,β-unsaturated/α-hetero) is 1. The molecule has 178 valence electrons. The first-order valence-electron chi connectivity index (χ1n) is 11.2. The van der Waals surface area contributed by atoms with Crippen LogP contribution < -0.4 is 4.18 Å². The highest BCUT2D eigenvalue weighted by Gasteiger charge is 2.34. The summed E-state index contributed by atoms with van der Waals surface area (Å²) in [6.45, 7) is 3.83. The highest BCUT2D eigenvalue weighted by Crippen LogP contribution is 2.34. The van der Waals surface area contributed by atoms with Gasteiger partial charge in [-0.05, 0) is 47.2 Å². The van der Waals surface area contributed by atoms with Crippen molar-refractivity contribution < 1.29 is 27.3 Å². The van der Waals surface area contributed by atoms with Crippen LogP contribution in [-0.4, -0.2) is 29.8 Å². The number of phenols is 1. The van der Waals surface area contributed by atoms with Crippen molar-refractivity contribution in [2.24, 2.45) is 0 Å². The van der Waals surface area contributed by atoms with Gasteiger partial charge in [0.25, 0.3) is 5.78 Å². The number of phenolic OH excluding ortho intramolecular Hbond substituents is 1. The molecule has 0 fully saturated rings. The summed E-state index contributed by atoms with van der Waals surface area (Å²) in [6.07, 6.45) is 4.26. The van der Waals surface area contributed by atoms with Crippen molar-refractivity contribution in [1.82, 2.24) is 0 Å². The SMILES string of the molecule is CCc1cccc(Cc2cccc(CC)c2OS(=O)(=O)c2cccc3c2C(=O)C(=[N+]=[N-])C=C3)c1O. The van der Waals surface area contributed by atoms with Crippen molar-refractivity contribution in [3.05, 3.63) is 99.6 Å². The third kappa shape index (κ3) is 4.54. The largest absolute Gasteiger partial charge is 0.507 e. The van der Waals surface area contributed by atoms with Crippen LogP contribution in [-0.2, 0) is 29.4 Å². The van der Waals surface area contributed by atoms with Crippen molar-refractivity contribution in [1.29, 1.82) is 0 Å². The van der Waals surface area contributed by atoms with Crippen molar-refractivity contribution in [3.63, 3.8) is 0 Å². The molecule has 0 aromatic heterocycles. The number of allylic oxidation sites excluding steroid dienone is 1. The smallest absolute Gasteiger partial charge is 0.362 e. The van der Waals surface area contributed by atoms with E-state index in [2.05, 4.69) is 4.79 Å². The number of rotatable bonds is 7. The molecule has 0 bridgehead atoms. The van der Waals surface area contributed by atoms with Crippen LogP contribution in [0.5, 0.6) is 11.5 Å². The standard InChI is InChI=1S/C27H24N2O5S/c1-3-17-8-5-11-20(25(17)30)16-21-12-6-9-18(4-2)27(21)34-35(32,33)23-13-7-10-19-14-15-22(29-28)26(31)24(19)23/h5-15,30H,3-4,16H2,1-2H3. The van der Waals surface area contributed by atoms with Gasteiger partial charge < -0.3 is 14.8 Å². The molecule has 0 spiro atoms. The fourth-order valence-electron chi connectivity index (χ4n) is 4.18. The molecule has 0 amide bonds. The van der Waals surface area contributed by atoms with Gasteiger partial charge in [-0.2, -0.15) is 13.2 Å². The van der Waals surface area contributed by atoms with Gasteiger partial charge >= 0.3 is 15.8 Å². The molecule has 1 N–H and O–H groups in total. The minimum Gasteiger partial charge on any atom is -0.507 e. The summed E-state index contributed by atoms with van der Waals surface area (Å²) in [5.41, 5.74) is 11.9. The van der Waals surface area contributed by atoms with Gasteiger partial charge in [0, 0.05) is 18.1 Å². The number of hydrogen-bond acceptors (Lipinski definition) is 5. The molecule has 7 nitrogen and oxygen atoms in total. The van der Waals surface area contributed by atoms with Gasteiger partial charge in [-0.3, -0.25) is 4.79 Å². The minimum atomic E-state index is -4.44. The Morgan fingerprint density at radius 1 is 0.886 bits per heavy atom. The lowest BCUT2D eigenvalue weighted by molar-refractivity contribution is -0.00439. The summed E-state index contributed by atoms with van der Waals surface area (Å²) in [5.74, 6) is -0.363. The number of aromatic hydroxyl groups is 1. The number of para-hydroxylation sites is 2. The molecule has 3 aromatic carbocycles. The molecule has 0 radical (unpaired) electrons. The zero-order valence-electron chi connectivity index (χ0n) is 19.4. The maximum Gasteiger partial charge on any atom is 0.362 e. The number of aryl methyl sites for hydroxylation is 2. The van der Waals surface area contributed by atoms with Crippen molar-refractivity contribution >= 4 is 27.7 Å². The second-order valence-corrected chi connectivity index (χ2v) is 9.63. The zero-order chi connectivity index (χ0) is 25.2. The van der Waals surface area contributed by atoms with E-state index in [1.807, 2.05) is 32.0 Å². The molecule has 1 aliphatic rings. The van der Waals surface area contributed by atoms with E-state index >= 15 is 0 Å². The minimum absolute atomic E-state index is 0.105. The van der Waals surface area contributed by atoms with Crippen LogP contribution in [0.15, 0.2) is 65.6 Å². The quantitative estimate of drug-likeness (QED) is 0.292. The van der Waals surface area contributed by atoms with Crippen LogP contribution in [0, 0.1) is 0 Å². The van der Waals surface area contributed by atoms with E-state index in [0.717, 1.165) is 5.56 Å². The Morgan fingerprint density at radius 3 is 2.20 bits per heavy atom. The van der Waals surface area contributed by atoms with E-state index in [9.17, 15) is 18.3 Å². The van der Waals surface area contributed by atoms with Crippen molar-refractivity contribution in [2.45, 2.75) is 38.0 Å². The fourth-order valence-corrected chi connectivity index (χ4v) is 5.41. The van der Waals surface area contributed by atoms with Crippen molar-refractivity contribution in [3.8, 4) is 11.5 Å². The second kappa shape index (κ2) is 9.70. The zero-order valence-corrected chi connectivity index (χ0v) is 20.2. The highest BCUT2D eigenvalue weighted by molar-refractivity contribution is 7.87. The highest BCUT2D eigenvalue weighted by atomic mass is 32.2. The molecular formula is C27H24N2O5S. The van der Waals surface area contributed by atoms with Gasteiger partial charge in [-0.25, -0.2) is 0 Å². The number of hydrogen-bond donors (Lipinski definition) is 1. The molecule has 0 saturated heterocycles. The van der Waals surface area contributed by atoms with Crippen LogP contribution in [0.1, 0.15) is 52.0 Å². The number of nitrogens with zero attached hydrogens (tertiary/aromatic N) is 2. The number of fused-ring (bicyclic) bond motifs is 1. The lowest BCUT2D eigenvalue weighted by Crippen LogP contribution is -2.23. The van der Waals surface area contributed by atoms with E-state index < -0.39 is 15.9 Å². The normalized spacial score (nSPS) is 12.9. The first kappa shape index (κ1) is 24.1. The van der Waals surface area contributed by atoms with Crippen LogP contribution in [0.4, 0.5) is 0 Å². The maximum atomic E-state index is 13.5. The molecule has 3 aromatic rings. The third-order valence-electron chi connectivity index (χ3n) is 6.03. The molecule has 0 heterocycles. The van der Waals surface area contributed by atoms with Crippen LogP contribution in [0.3, 0.4) is 0 Å². The number of ketones is 1. The number of carbonyl (C=O) groups is 1. The van der Waals surface area contributed by atoms with E-state index in [1.165, 1.54) is 24.3 Å². The summed E-state index contributed by atoms with van der Waals surface area (Å²) < 4.78 is 32.7. The average molecular weight is 489 g/mol. The molecule has 0 saturated carbocycles. The lowest BCUT2D eigenvalue weighted by Gasteiger charge is -2.18. The van der Waals surface area contributed by atoms with E-state index in [0.29, 0.717) is 35.1 Å². The first-order valence-corrected chi connectivity index (χ1v) is 12.6. The summed E-state index contributed by atoms with van der Waals surface area (Å²) in [6, 6.07) is 15.3. The maximum absolute atomic E-state index is 13.5. The fraction of sp³-hybridized carbons (Fsp3) is 0.185. The molecule has 4 rings (SSSR count). The summed E-state index contributed by atoms with van der Waals surface area (Å²) in [4.78, 5) is 15.5. The number of carbonyl (C=O) groups excluding carboxylic acids is 1. The molecule has 0 unspecified atom stereocenters. The molecule has 35 heavy (non-hydrogen) atoms. The van der Waals surface area contributed by atoms with Crippen LogP contribution in [0.2, 0.25) is 0 Å². The van der Waals surface area contributed by atoms with Crippen LogP contribution in [0.25, 0.3) is 11.6 Å². The molecule has 0 aliphatic heterocycles. The van der Waals surface area contributed by atoms with E-state index in [-0.39, 0.29) is 34.1 Å². The van der Waals surface area contributed by atoms with Gasteiger partial charge in [-0.15, -0.1) is 0 Å². The summed E-state index contributed by atoms with van der Waals surface area (Å²) >= 11 is 0. The predicted molar refractivity (Wildman–Crippen MR) is 132 cm³/mol. The Labute approximate surface area is 204 Å². The Balaban J connectivity index is 1.80. The van der Waals surface area contributed by atoms with E-state index in [4.69, 9.17) is 9.71 Å². The van der Waals surface area contributed by atoms with Gasteiger partial charge in [0.15, 0.2) is 0 Å². The summed E-state index contributed by atoms with van der Waals surface area (Å²) in [5, 5.41) is 10.7. The Hall–Kier alpha value is -4.00. The van der Waals surface area contributed by atoms with Gasteiger partial charge in [0.05, 0.1) is 5.56 Å². The average Bonchev–Trinajstić information content (AvgIpc) is 2.86. The third-order valence-corrected chi connectivity index (χ3v) is 7.30. The predicted octanol–water partition coefficient (Wildman–Crippen LogP) is 4.76. The Bertz CT molecular complexity index is 1520. The molecule has 8 heteroatoms. The van der Waals surface area contributed by atoms with Crippen LogP contribution >= 0.6 is 0 Å². The Kier molecular flexibility index (Phi) is 6.69. The molecular weight excluding hydrogens is 464 g/mol. The molecule has 1 aliphatic carbocycles.